The standard InChI is InChI=1S/C10H10N6O4S/c1-15-10(12-8(17)9(18)14-15)21-7-3-5(13-11)2-6(4-7)16(19)20/h2-4,13H,11H2,1H3,(H,14,18). The van der Waals surface area contributed by atoms with Gasteiger partial charge in [0.1, 0.15) is 0 Å². The lowest BCUT2D eigenvalue weighted by Gasteiger charge is -2.07. The highest BCUT2D eigenvalue weighted by atomic mass is 32.2. The average Bonchev–Trinajstić information content (AvgIpc) is 2.44. The number of nitrogens with zero attached hydrogens (tertiary/aromatic N) is 3. The van der Waals surface area contributed by atoms with Gasteiger partial charge in [0, 0.05) is 24.1 Å². The third-order valence-electron chi connectivity index (χ3n) is 2.43. The molecule has 4 N–H and O–H groups in total. The first kappa shape index (κ1) is 14.7. The van der Waals surface area contributed by atoms with Crippen molar-refractivity contribution in [1.29, 1.82) is 0 Å². The first-order valence-corrected chi connectivity index (χ1v) is 6.33. The molecule has 1 aromatic heterocycles. The monoisotopic (exact) mass is 310 g/mol. The molecule has 0 aliphatic heterocycles. The van der Waals surface area contributed by atoms with Crippen LogP contribution in [0.5, 0.6) is 0 Å². The molecule has 11 heteroatoms. The van der Waals surface area contributed by atoms with Gasteiger partial charge in [-0.2, -0.15) is 4.98 Å². The maximum absolute atomic E-state index is 11.3. The molecule has 110 valence electrons. The van der Waals surface area contributed by atoms with Crippen molar-refractivity contribution in [3.8, 4) is 0 Å². The van der Waals surface area contributed by atoms with Gasteiger partial charge in [0.25, 0.3) is 5.69 Å². The number of hydrogen-bond acceptors (Lipinski definition) is 8. The Hall–Kier alpha value is -2.66. The molecule has 0 fully saturated rings. The van der Waals surface area contributed by atoms with E-state index in [1.807, 2.05) is 0 Å². The topological polar surface area (TPSA) is 149 Å². The van der Waals surface area contributed by atoms with E-state index in [0.29, 0.717) is 10.6 Å². The predicted molar refractivity (Wildman–Crippen MR) is 75.1 cm³/mol. The number of nitrogen functional groups attached to an aromatic ring is 1. The maximum Gasteiger partial charge on any atom is 0.339 e. The van der Waals surface area contributed by atoms with Crippen molar-refractivity contribution < 1.29 is 4.92 Å². The second-order valence-corrected chi connectivity index (χ2v) is 4.96. The highest BCUT2D eigenvalue weighted by molar-refractivity contribution is 7.99. The Balaban J connectivity index is 2.46. The van der Waals surface area contributed by atoms with Crippen molar-refractivity contribution in [3.05, 3.63) is 49.0 Å². The van der Waals surface area contributed by atoms with E-state index in [1.54, 1.807) is 6.07 Å². The zero-order valence-electron chi connectivity index (χ0n) is 10.7. The molecule has 2 aromatic rings. The fourth-order valence-electron chi connectivity index (χ4n) is 1.49. The largest absolute Gasteiger partial charge is 0.339 e. The van der Waals surface area contributed by atoms with Gasteiger partial charge in [0.05, 0.1) is 10.6 Å². The molecule has 0 radical (unpaired) electrons. The van der Waals surface area contributed by atoms with E-state index in [-0.39, 0.29) is 10.8 Å². The summed E-state index contributed by atoms with van der Waals surface area (Å²) in [6.07, 6.45) is 0. The summed E-state index contributed by atoms with van der Waals surface area (Å²) < 4.78 is 1.25. The van der Waals surface area contributed by atoms with Crippen LogP contribution in [0.1, 0.15) is 0 Å². The number of hydrogen-bond donors (Lipinski definition) is 3. The van der Waals surface area contributed by atoms with E-state index in [4.69, 9.17) is 5.84 Å². The average molecular weight is 310 g/mol. The van der Waals surface area contributed by atoms with E-state index in [9.17, 15) is 19.7 Å². The molecular weight excluding hydrogens is 300 g/mol. The SMILES string of the molecule is Cn1[nH]c(=O)c(=O)nc1Sc1cc(NN)cc([N+](=O)[O-])c1. The molecule has 0 unspecified atom stereocenters. The summed E-state index contributed by atoms with van der Waals surface area (Å²) in [6, 6.07) is 4.13. The van der Waals surface area contributed by atoms with Crippen molar-refractivity contribution in [2.24, 2.45) is 12.9 Å². The molecule has 21 heavy (non-hydrogen) atoms. The lowest BCUT2D eigenvalue weighted by atomic mass is 10.3. The van der Waals surface area contributed by atoms with Crippen molar-refractivity contribution in [3.63, 3.8) is 0 Å². The summed E-state index contributed by atoms with van der Waals surface area (Å²) in [5.74, 6) is 5.25. The van der Waals surface area contributed by atoms with Crippen LogP contribution in [0.3, 0.4) is 0 Å². The second-order valence-electron chi connectivity index (χ2n) is 3.92. The Morgan fingerprint density at radius 1 is 1.43 bits per heavy atom. The smallest absolute Gasteiger partial charge is 0.324 e. The van der Waals surface area contributed by atoms with Crippen LogP contribution in [0.25, 0.3) is 0 Å². The lowest BCUT2D eigenvalue weighted by molar-refractivity contribution is -0.385. The van der Waals surface area contributed by atoms with Crippen LogP contribution < -0.4 is 22.4 Å². The fourth-order valence-corrected chi connectivity index (χ4v) is 2.38. The quantitative estimate of drug-likeness (QED) is 0.304. The van der Waals surface area contributed by atoms with Crippen molar-refractivity contribution >= 4 is 23.1 Å². The Morgan fingerprint density at radius 2 is 2.14 bits per heavy atom. The summed E-state index contributed by atoms with van der Waals surface area (Å²) in [7, 11) is 1.50. The summed E-state index contributed by atoms with van der Waals surface area (Å²) in [4.78, 5) is 36.7. The van der Waals surface area contributed by atoms with Crippen LogP contribution >= 0.6 is 11.8 Å². The number of non-ortho nitro benzene ring substituents is 1. The fraction of sp³-hybridized carbons (Fsp3) is 0.100. The minimum Gasteiger partial charge on any atom is -0.324 e. The summed E-state index contributed by atoms with van der Waals surface area (Å²) in [5.41, 5.74) is 0.714. The number of nitro benzene ring substituents is 1. The molecule has 0 aliphatic rings. The summed E-state index contributed by atoms with van der Waals surface area (Å²) in [5, 5.41) is 13.3. The van der Waals surface area contributed by atoms with Crippen LogP contribution in [0.2, 0.25) is 0 Å². The number of rotatable bonds is 4. The van der Waals surface area contributed by atoms with E-state index >= 15 is 0 Å². The number of benzene rings is 1. The molecule has 0 bridgehead atoms. The third-order valence-corrected chi connectivity index (χ3v) is 3.44. The Morgan fingerprint density at radius 3 is 2.76 bits per heavy atom. The molecule has 10 nitrogen and oxygen atoms in total. The minimum atomic E-state index is -0.932. The van der Waals surface area contributed by atoms with Gasteiger partial charge < -0.3 is 5.43 Å². The summed E-state index contributed by atoms with van der Waals surface area (Å²) in [6.45, 7) is 0. The molecule has 0 atom stereocenters. The van der Waals surface area contributed by atoms with Crippen molar-refractivity contribution in [1.82, 2.24) is 14.8 Å². The van der Waals surface area contributed by atoms with Crippen LogP contribution in [-0.2, 0) is 7.05 Å². The normalized spacial score (nSPS) is 10.4. The molecule has 0 aliphatic carbocycles. The van der Waals surface area contributed by atoms with E-state index < -0.39 is 16.0 Å². The van der Waals surface area contributed by atoms with E-state index in [0.717, 1.165) is 11.8 Å². The zero-order chi connectivity index (χ0) is 15.6. The zero-order valence-corrected chi connectivity index (χ0v) is 11.5. The first-order chi connectivity index (χ1) is 9.90. The highest BCUT2D eigenvalue weighted by Crippen LogP contribution is 2.30. The Labute approximate surface area is 121 Å². The van der Waals surface area contributed by atoms with Gasteiger partial charge in [0.2, 0.25) is 0 Å². The number of nitrogens with two attached hydrogens (primary N) is 1. The molecule has 1 aromatic carbocycles. The first-order valence-electron chi connectivity index (χ1n) is 5.52. The van der Waals surface area contributed by atoms with Gasteiger partial charge in [-0.05, 0) is 17.8 Å². The number of nitrogens with one attached hydrogen (secondary N) is 2. The number of H-pyrrole nitrogens is 1. The molecule has 0 saturated carbocycles. The molecule has 0 saturated heterocycles. The van der Waals surface area contributed by atoms with Gasteiger partial charge in [-0.3, -0.25) is 35.3 Å². The van der Waals surface area contributed by atoms with Gasteiger partial charge in [0.15, 0.2) is 5.16 Å². The minimum absolute atomic E-state index is 0.164. The number of aromatic amines is 1. The Kier molecular flexibility index (Phi) is 4.05. The predicted octanol–water partition coefficient (Wildman–Crippen LogP) is -0.186. The third kappa shape index (κ3) is 3.27. The van der Waals surface area contributed by atoms with Gasteiger partial charge in [-0.1, -0.05) is 0 Å². The van der Waals surface area contributed by atoms with Gasteiger partial charge in [-0.25, -0.2) is 0 Å². The Bertz CT molecular complexity index is 814. The molecule has 2 rings (SSSR count). The van der Waals surface area contributed by atoms with Crippen molar-refractivity contribution in [2.75, 3.05) is 5.43 Å². The highest BCUT2D eigenvalue weighted by Gasteiger charge is 2.12. The number of anilines is 1. The number of aromatic nitrogens is 3. The number of nitro groups is 1. The number of hydrazine groups is 1. The van der Waals surface area contributed by atoms with Gasteiger partial charge in [-0.15, -0.1) is 0 Å². The molecule has 0 spiro atoms. The van der Waals surface area contributed by atoms with Crippen LogP contribution in [0, 0.1) is 10.1 Å². The number of aryl methyl sites for hydroxylation is 1. The lowest BCUT2D eigenvalue weighted by Crippen LogP contribution is -2.33. The van der Waals surface area contributed by atoms with E-state index in [1.165, 1.54) is 23.9 Å². The van der Waals surface area contributed by atoms with Crippen LogP contribution in [0.15, 0.2) is 37.8 Å². The second kappa shape index (κ2) is 5.76. The molecular formula is C10H10N6O4S. The van der Waals surface area contributed by atoms with E-state index in [2.05, 4.69) is 15.5 Å². The van der Waals surface area contributed by atoms with Crippen LogP contribution in [0.4, 0.5) is 11.4 Å². The molecule has 0 amide bonds. The van der Waals surface area contributed by atoms with Crippen LogP contribution in [-0.4, -0.2) is 19.7 Å². The summed E-state index contributed by atoms with van der Waals surface area (Å²) >= 11 is 0.980. The maximum atomic E-state index is 11.3. The molecule has 1 heterocycles. The van der Waals surface area contributed by atoms with Gasteiger partial charge >= 0.3 is 11.1 Å². The van der Waals surface area contributed by atoms with Crippen molar-refractivity contribution in [2.45, 2.75) is 10.1 Å².